The van der Waals surface area contributed by atoms with E-state index in [1.54, 1.807) is 14.1 Å². The topological polar surface area (TPSA) is 90.0 Å². The Kier molecular flexibility index (Phi) is 5.35. The fraction of sp³-hybridized carbons (Fsp3) is 0.769. The number of aliphatic carboxylic acids is 1. The molecule has 1 aliphatic rings. The van der Waals surface area contributed by atoms with Crippen molar-refractivity contribution >= 4 is 17.9 Å². The van der Waals surface area contributed by atoms with Gasteiger partial charge < -0.3 is 20.2 Å². The maximum absolute atomic E-state index is 12.1. The number of hydrogen-bond acceptors (Lipinski definition) is 3. The van der Waals surface area contributed by atoms with Crippen molar-refractivity contribution in [3.63, 3.8) is 0 Å². The molecule has 0 aliphatic carbocycles. The number of amides is 3. The Morgan fingerprint density at radius 3 is 2.50 bits per heavy atom. The van der Waals surface area contributed by atoms with Crippen molar-refractivity contribution in [2.24, 2.45) is 0 Å². The van der Waals surface area contributed by atoms with Crippen LogP contribution in [0.15, 0.2) is 0 Å². The molecule has 0 bridgehead atoms. The fourth-order valence-electron chi connectivity index (χ4n) is 2.58. The van der Waals surface area contributed by atoms with Crippen LogP contribution in [0.2, 0.25) is 0 Å². The number of hydrogen-bond donors (Lipinski definition) is 2. The average molecular weight is 285 g/mol. The second-order valence-corrected chi connectivity index (χ2v) is 5.29. The standard InChI is InChI=1S/C13H23N3O4/c1-4-6-13(11(18)19)7-5-8-16(13)12(20)14-9-10(17)15(2)3/h4-9H2,1-3H3,(H,14,20)(H,18,19). The number of likely N-dealkylation sites (tertiary alicyclic amines) is 1. The minimum atomic E-state index is -1.13. The third-order valence-electron chi connectivity index (χ3n) is 3.69. The number of nitrogens with one attached hydrogen (secondary N) is 1. The quantitative estimate of drug-likeness (QED) is 0.770. The first-order chi connectivity index (χ1) is 9.35. The van der Waals surface area contributed by atoms with Gasteiger partial charge >= 0.3 is 12.0 Å². The van der Waals surface area contributed by atoms with E-state index in [0.29, 0.717) is 32.2 Å². The molecule has 1 heterocycles. The SMILES string of the molecule is CCCC1(C(=O)O)CCCN1C(=O)NCC(=O)N(C)C. The van der Waals surface area contributed by atoms with E-state index in [1.807, 2.05) is 6.92 Å². The van der Waals surface area contributed by atoms with Gasteiger partial charge in [-0.3, -0.25) is 4.79 Å². The first-order valence-electron chi connectivity index (χ1n) is 6.84. The van der Waals surface area contributed by atoms with E-state index in [9.17, 15) is 19.5 Å². The summed E-state index contributed by atoms with van der Waals surface area (Å²) in [5.41, 5.74) is -1.13. The van der Waals surface area contributed by atoms with Crippen LogP contribution in [0.5, 0.6) is 0 Å². The van der Waals surface area contributed by atoms with E-state index in [2.05, 4.69) is 5.32 Å². The second-order valence-electron chi connectivity index (χ2n) is 5.29. The van der Waals surface area contributed by atoms with Crippen LogP contribution in [0.25, 0.3) is 0 Å². The largest absolute Gasteiger partial charge is 0.479 e. The molecule has 3 amide bonds. The van der Waals surface area contributed by atoms with Gasteiger partial charge in [0.25, 0.3) is 0 Å². The van der Waals surface area contributed by atoms with E-state index in [0.717, 1.165) is 0 Å². The Bertz CT molecular complexity index is 397. The predicted octanol–water partition coefficient (Wildman–Crippen LogP) is 0.504. The molecule has 0 aromatic heterocycles. The summed E-state index contributed by atoms with van der Waals surface area (Å²) in [5, 5.41) is 12.0. The van der Waals surface area contributed by atoms with Gasteiger partial charge in [0.2, 0.25) is 5.91 Å². The molecule has 1 unspecified atom stereocenters. The van der Waals surface area contributed by atoms with Crippen LogP contribution in [0.4, 0.5) is 4.79 Å². The van der Waals surface area contributed by atoms with Crippen LogP contribution in [-0.4, -0.2) is 65.5 Å². The van der Waals surface area contributed by atoms with Gasteiger partial charge in [0.15, 0.2) is 0 Å². The van der Waals surface area contributed by atoms with E-state index in [-0.39, 0.29) is 12.5 Å². The Morgan fingerprint density at radius 1 is 1.35 bits per heavy atom. The number of carbonyl (C=O) groups is 3. The molecule has 114 valence electrons. The van der Waals surface area contributed by atoms with Crippen LogP contribution in [-0.2, 0) is 9.59 Å². The third kappa shape index (κ3) is 3.20. The Hall–Kier alpha value is -1.79. The van der Waals surface area contributed by atoms with Crippen molar-refractivity contribution in [2.75, 3.05) is 27.2 Å². The minimum Gasteiger partial charge on any atom is -0.479 e. The van der Waals surface area contributed by atoms with Crippen molar-refractivity contribution in [2.45, 2.75) is 38.1 Å². The predicted molar refractivity (Wildman–Crippen MR) is 73.3 cm³/mol. The van der Waals surface area contributed by atoms with Gasteiger partial charge in [-0.1, -0.05) is 13.3 Å². The lowest BCUT2D eigenvalue weighted by Gasteiger charge is -2.34. The number of rotatable bonds is 5. The number of nitrogens with zero attached hydrogens (tertiary/aromatic N) is 2. The summed E-state index contributed by atoms with van der Waals surface area (Å²) in [6.45, 7) is 2.19. The molecule has 1 fully saturated rings. The van der Waals surface area contributed by atoms with Gasteiger partial charge in [0.1, 0.15) is 5.54 Å². The lowest BCUT2D eigenvalue weighted by molar-refractivity contribution is -0.148. The van der Waals surface area contributed by atoms with Crippen LogP contribution in [0, 0.1) is 0 Å². The number of carboxylic acid groups (broad SMARTS) is 1. The zero-order valence-electron chi connectivity index (χ0n) is 12.3. The molecule has 0 aromatic rings. The number of urea groups is 1. The van der Waals surface area contributed by atoms with Gasteiger partial charge in [-0.2, -0.15) is 0 Å². The highest BCUT2D eigenvalue weighted by Gasteiger charge is 2.49. The summed E-state index contributed by atoms with van der Waals surface area (Å²) in [7, 11) is 3.20. The van der Waals surface area contributed by atoms with E-state index in [1.165, 1.54) is 9.80 Å². The molecule has 0 radical (unpaired) electrons. The summed E-state index contributed by atoms with van der Waals surface area (Å²) in [4.78, 5) is 37.9. The first-order valence-corrected chi connectivity index (χ1v) is 6.84. The maximum atomic E-state index is 12.1. The highest BCUT2D eigenvalue weighted by molar-refractivity contribution is 5.89. The zero-order chi connectivity index (χ0) is 15.3. The molecule has 1 aliphatic heterocycles. The number of carbonyl (C=O) groups excluding carboxylic acids is 2. The second kappa shape index (κ2) is 6.58. The number of likely N-dealkylation sites (N-methyl/N-ethyl adjacent to an activating group) is 1. The van der Waals surface area contributed by atoms with Crippen molar-refractivity contribution in [1.29, 1.82) is 0 Å². The van der Waals surface area contributed by atoms with Gasteiger partial charge in [-0.15, -0.1) is 0 Å². The van der Waals surface area contributed by atoms with Crippen LogP contribution < -0.4 is 5.32 Å². The van der Waals surface area contributed by atoms with E-state index >= 15 is 0 Å². The maximum Gasteiger partial charge on any atom is 0.329 e. The van der Waals surface area contributed by atoms with Gasteiger partial charge in [-0.25, -0.2) is 9.59 Å². The van der Waals surface area contributed by atoms with E-state index < -0.39 is 17.5 Å². The molecule has 1 rings (SSSR count). The Labute approximate surface area is 118 Å². The molecule has 7 heteroatoms. The lowest BCUT2D eigenvalue weighted by Crippen LogP contribution is -2.56. The summed E-state index contributed by atoms with van der Waals surface area (Å²) in [6, 6.07) is -0.478. The molecule has 1 atom stereocenters. The third-order valence-corrected chi connectivity index (χ3v) is 3.69. The van der Waals surface area contributed by atoms with E-state index in [4.69, 9.17) is 0 Å². The van der Waals surface area contributed by atoms with Crippen molar-refractivity contribution in [3.8, 4) is 0 Å². The highest BCUT2D eigenvalue weighted by atomic mass is 16.4. The fourth-order valence-corrected chi connectivity index (χ4v) is 2.58. The molecule has 0 saturated carbocycles. The summed E-state index contributed by atoms with van der Waals surface area (Å²) >= 11 is 0. The number of carboxylic acids is 1. The van der Waals surface area contributed by atoms with Crippen molar-refractivity contribution in [3.05, 3.63) is 0 Å². The highest BCUT2D eigenvalue weighted by Crippen LogP contribution is 2.33. The minimum absolute atomic E-state index is 0.121. The molecule has 0 spiro atoms. The van der Waals surface area contributed by atoms with Crippen LogP contribution >= 0.6 is 0 Å². The average Bonchev–Trinajstić information content (AvgIpc) is 2.81. The summed E-state index contributed by atoms with van der Waals surface area (Å²) < 4.78 is 0. The first kappa shape index (κ1) is 16.3. The van der Waals surface area contributed by atoms with Gasteiger partial charge in [0, 0.05) is 20.6 Å². The van der Waals surface area contributed by atoms with Crippen molar-refractivity contribution in [1.82, 2.24) is 15.1 Å². The molecule has 1 saturated heterocycles. The Balaban J connectivity index is 2.75. The van der Waals surface area contributed by atoms with Crippen LogP contribution in [0.3, 0.4) is 0 Å². The molecular formula is C13H23N3O4. The molecule has 20 heavy (non-hydrogen) atoms. The van der Waals surface area contributed by atoms with Gasteiger partial charge in [-0.05, 0) is 19.3 Å². The Morgan fingerprint density at radius 2 is 2.00 bits per heavy atom. The summed E-state index contributed by atoms with van der Waals surface area (Å²) in [5.74, 6) is -1.19. The van der Waals surface area contributed by atoms with Gasteiger partial charge in [0.05, 0.1) is 6.54 Å². The molecule has 7 nitrogen and oxygen atoms in total. The normalized spacial score (nSPS) is 21.6. The molecular weight excluding hydrogens is 262 g/mol. The smallest absolute Gasteiger partial charge is 0.329 e. The molecule has 0 aromatic carbocycles. The monoisotopic (exact) mass is 285 g/mol. The van der Waals surface area contributed by atoms with Crippen LogP contribution in [0.1, 0.15) is 32.6 Å². The lowest BCUT2D eigenvalue weighted by atomic mass is 9.91. The van der Waals surface area contributed by atoms with Crippen molar-refractivity contribution < 1.29 is 19.5 Å². The zero-order valence-corrected chi connectivity index (χ0v) is 12.3. The molecule has 2 N–H and O–H groups in total. The summed E-state index contributed by atoms with van der Waals surface area (Å²) in [6.07, 6.45) is 2.25.